The van der Waals surface area contributed by atoms with Crippen LogP contribution in [-0.2, 0) is 0 Å². The summed E-state index contributed by atoms with van der Waals surface area (Å²) in [4.78, 5) is 12.0. The van der Waals surface area contributed by atoms with Crippen molar-refractivity contribution in [2.45, 2.75) is 0 Å². The minimum atomic E-state index is -0.856. The van der Waals surface area contributed by atoms with Crippen LogP contribution in [0.1, 0.15) is 15.9 Å². The zero-order valence-corrected chi connectivity index (χ0v) is 10.2. The molecule has 0 unspecified atom stereocenters. The third-order valence-corrected chi connectivity index (χ3v) is 3.00. The molecule has 86 valence electrons. The van der Waals surface area contributed by atoms with Gasteiger partial charge in [0.05, 0.1) is 5.56 Å². The Kier molecular flexibility index (Phi) is 3.33. The normalized spacial score (nSPS) is 10.3. The summed E-state index contributed by atoms with van der Waals surface area (Å²) in [7, 11) is 0. The summed E-state index contributed by atoms with van der Waals surface area (Å²) in [5.41, 5.74) is -0.295. The van der Waals surface area contributed by atoms with Gasteiger partial charge in [0, 0.05) is 10.0 Å². The lowest BCUT2D eigenvalue weighted by atomic mass is 10.0. The van der Waals surface area contributed by atoms with Crippen molar-refractivity contribution < 1.29 is 13.6 Å². The molecule has 17 heavy (non-hydrogen) atoms. The molecule has 0 aromatic heterocycles. The van der Waals surface area contributed by atoms with Crippen LogP contribution in [0.5, 0.6) is 0 Å². The summed E-state index contributed by atoms with van der Waals surface area (Å²) < 4.78 is 27.4. The minimum Gasteiger partial charge on any atom is -0.288 e. The third kappa shape index (κ3) is 2.26. The lowest BCUT2D eigenvalue weighted by Crippen LogP contribution is -2.08. The Morgan fingerprint density at radius 3 is 2.12 bits per heavy atom. The number of ketones is 1. The van der Waals surface area contributed by atoms with Gasteiger partial charge in [0.2, 0.25) is 0 Å². The summed E-state index contributed by atoms with van der Waals surface area (Å²) in [6.45, 7) is 0. The van der Waals surface area contributed by atoms with Gasteiger partial charge in [-0.1, -0.05) is 34.1 Å². The molecule has 0 N–H and O–H groups in total. The topological polar surface area (TPSA) is 17.1 Å². The molecule has 0 radical (unpaired) electrons. The number of hydrogen-bond acceptors (Lipinski definition) is 1. The van der Waals surface area contributed by atoms with E-state index >= 15 is 0 Å². The first-order chi connectivity index (χ1) is 8.11. The van der Waals surface area contributed by atoms with Gasteiger partial charge in [0.1, 0.15) is 11.6 Å². The molecule has 0 spiro atoms. The highest BCUT2D eigenvalue weighted by atomic mass is 79.9. The lowest BCUT2D eigenvalue weighted by molar-refractivity contribution is 0.103. The first-order valence-electron chi connectivity index (χ1n) is 4.84. The first kappa shape index (κ1) is 11.9. The van der Waals surface area contributed by atoms with Crippen LogP contribution in [0.15, 0.2) is 46.9 Å². The van der Waals surface area contributed by atoms with Crippen LogP contribution in [-0.4, -0.2) is 5.78 Å². The third-order valence-electron chi connectivity index (χ3n) is 2.31. The van der Waals surface area contributed by atoms with Crippen molar-refractivity contribution in [3.63, 3.8) is 0 Å². The maximum atomic E-state index is 13.4. The molecule has 0 saturated carbocycles. The van der Waals surface area contributed by atoms with Crippen LogP contribution < -0.4 is 0 Å². The van der Waals surface area contributed by atoms with Crippen LogP contribution in [0.25, 0.3) is 0 Å². The van der Waals surface area contributed by atoms with Crippen LogP contribution in [0, 0.1) is 11.6 Å². The van der Waals surface area contributed by atoms with E-state index < -0.39 is 23.0 Å². The Morgan fingerprint density at radius 2 is 1.53 bits per heavy atom. The molecule has 1 nitrogen and oxygen atoms in total. The lowest BCUT2D eigenvalue weighted by Gasteiger charge is -2.05. The van der Waals surface area contributed by atoms with E-state index in [9.17, 15) is 13.6 Å². The van der Waals surface area contributed by atoms with Crippen LogP contribution in [0.2, 0.25) is 0 Å². The van der Waals surface area contributed by atoms with E-state index in [-0.39, 0.29) is 5.56 Å². The predicted octanol–water partition coefficient (Wildman–Crippen LogP) is 3.96. The molecule has 0 aliphatic rings. The fraction of sp³-hybridized carbons (Fsp3) is 0. The summed E-state index contributed by atoms with van der Waals surface area (Å²) >= 11 is 3.18. The van der Waals surface area contributed by atoms with Gasteiger partial charge in [-0.2, -0.15) is 0 Å². The molecule has 2 aromatic carbocycles. The fourth-order valence-electron chi connectivity index (χ4n) is 1.49. The summed E-state index contributed by atoms with van der Waals surface area (Å²) in [5.74, 6) is -2.38. The summed E-state index contributed by atoms with van der Waals surface area (Å²) in [5, 5.41) is 0. The molecule has 0 fully saturated rings. The van der Waals surface area contributed by atoms with Crippen molar-refractivity contribution in [3.8, 4) is 0 Å². The van der Waals surface area contributed by atoms with Crippen LogP contribution in [0.3, 0.4) is 0 Å². The molecular weight excluding hydrogens is 290 g/mol. The molecule has 2 aromatic rings. The van der Waals surface area contributed by atoms with E-state index in [2.05, 4.69) is 15.9 Å². The van der Waals surface area contributed by atoms with E-state index in [0.717, 1.165) is 12.1 Å². The quantitative estimate of drug-likeness (QED) is 0.767. The first-order valence-corrected chi connectivity index (χ1v) is 5.64. The van der Waals surface area contributed by atoms with Gasteiger partial charge in [-0.05, 0) is 24.3 Å². The molecule has 0 aliphatic carbocycles. The van der Waals surface area contributed by atoms with E-state index in [1.54, 1.807) is 18.2 Å². The van der Waals surface area contributed by atoms with E-state index in [0.29, 0.717) is 4.47 Å². The van der Waals surface area contributed by atoms with Gasteiger partial charge in [-0.3, -0.25) is 4.79 Å². The highest BCUT2D eigenvalue weighted by Gasteiger charge is 2.20. The van der Waals surface area contributed by atoms with Crippen molar-refractivity contribution in [1.82, 2.24) is 0 Å². The second-order valence-electron chi connectivity index (χ2n) is 3.41. The van der Waals surface area contributed by atoms with E-state index in [1.165, 1.54) is 12.1 Å². The maximum Gasteiger partial charge on any atom is 0.200 e. The molecule has 2 rings (SSSR count). The fourth-order valence-corrected chi connectivity index (χ4v) is 1.96. The molecule has 0 saturated heterocycles. The van der Waals surface area contributed by atoms with Gasteiger partial charge in [-0.25, -0.2) is 8.78 Å². The van der Waals surface area contributed by atoms with Crippen LogP contribution >= 0.6 is 15.9 Å². The van der Waals surface area contributed by atoms with Crippen molar-refractivity contribution >= 4 is 21.7 Å². The number of carbonyl (C=O) groups excluding carboxylic acids is 1. The average molecular weight is 297 g/mol. The molecule has 0 bridgehead atoms. The van der Waals surface area contributed by atoms with Gasteiger partial charge >= 0.3 is 0 Å². The second-order valence-corrected chi connectivity index (χ2v) is 4.26. The van der Waals surface area contributed by atoms with Gasteiger partial charge < -0.3 is 0 Å². The SMILES string of the molecule is O=C(c1ccccc1Br)c1c(F)cccc1F. The number of hydrogen-bond donors (Lipinski definition) is 0. The van der Waals surface area contributed by atoms with Crippen LogP contribution in [0.4, 0.5) is 8.78 Å². The van der Waals surface area contributed by atoms with Crippen molar-refractivity contribution in [3.05, 3.63) is 69.7 Å². The zero-order chi connectivity index (χ0) is 12.4. The average Bonchev–Trinajstić information content (AvgIpc) is 2.29. The van der Waals surface area contributed by atoms with E-state index in [4.69, 9.17) is 0 Å². The largest absolute Gasteiger partial charge is 0.288 e. The highest BCUT2D eigenvalue weighted by Crippen LogP contribution is 2.22. The second kappa shape index (κ2) is 4.75. The van der Waals surface area contributed by atoms with Gasteiger partial charge in [0.15, 0.2) is 5.78 Å². The Labute approximate surface area is 105 Å². The Balaban J connectivity index is 2.56. The standard InChI is InChI=1S/C13H7BrF2O/c14-9-5-2-1-4-8(9)13(17)12-10(15)6-3-7-11(12)16/h1-7H. The van der Waals surface area contributed by atoms with E-state index in [1.807, 2.05) is 0 Å². The Hall–Kier alpha value is -1.55. The molecular formula is C13H7BrF2O. The number of rotatable bonds is 2. The monoisotopic (exact) mass is 296 g/mol. The highest BCUT2D eigenvalue weighted by molar-refractivity contribution is 9.10. The predicted molar refractivity (Wildman–Crippen MR) is 63.9 cm³/mol. The number of carbonyl (C=O) groups is 1. The molecule has 0 aliphatic heterocycles. The Bertz CT molecular complexity index is 561. The van der Waals surface area contributed by atoms with Crippen molar-refractivity contribution in [2.75, 3.05) is 0 Å². The zero-order valence-electron chi connectivity index (χ0n) is 8.58. The molecule has 0 atom stereocenters. The van der Waals surface area contributed by atoms with Crippen molar-refractivity contribution in [1.29, 1.82) is 0 Å². The smallest absolute Gasteiger partial charge is 0.200 e. The molecule has 0 amide bonds. The maximum absolute atomic E-state index is 13.4. The van der Waals surface area contributed by atoms with Gasteiger partial charge in [0.25, 0.3) is 0 Å². The Morgan fingerprint density at radius 1 is 0.941 bits per heavy atom. The van der Waals surface area contributed by atoms with Crippen molar-refractivity contribution in [2.24, 2.45) is 0 Å². The minimum absolute atomic E-state index is 0.233. The summed E-state index contributed by atoms with van der Waals surface area (Å²) in [6, 6.07) is 9.86. The number of halogens is 3. The number of benzene rings is 2. The summed E-state index contributed by atoms with van der Waals surface area (Å²) in [6.07, 6.45) is 0. The van der Waals surface area contributed by atoms with Gasteiger partial charge in [-0.15, -0.1) is 0 Å². The molecule has 0 heterocycles. The molecule has 4 heteroatoms.